The van der Waals surface area contributed by atoms with Gasteiger partial charge in [0.05, 0.1) is 10.7 Å². The van der Waals surface area contributed by atoms with E-state index in [1.54, 1.807) is 0 Å². The predicted octanol–water partition coefficient (Wildman–Crippen LogP) is 3.94. The van der Waals surface area contributed by atoms with Crippen molar-refractivity contribution in [2.75, 3.05) is 0 Å². The molecule has 1 N–H and O–H groups in total. The summed E-state index contributed by atoms with van der Waals surface area (Å²) in [5.74, 6) is 0.705. The van der Waals surface area contributed by atoms with Crippen molar-refractivity contribution >= 4 is 11.3 Å². The molecule has 0 amide bonds. The minimum absolute atomic E-state index is 0.705. The van der Waals surface area contributed by atoms with E-state index >= 15 is 0 Å². The zero-order valence-corrected chi connectivity index (χ0v) is 12.8. The van der Waals surface area contributed by atoms with Gasteiger partial charge >= 0.3 is 0 Å². The maximum atomic E-state index is 4.79. The van der Waals surface area contributed by atoms with Crippen LogP contribution in [0.2, 0.25) is 0 Å². The first-order valence-corrected chi connectivity index (χ1v) is 8.21. The van der Waals surface area contributed by atoms with Crippen LogP contribution in [-0.2, 0) is 19.4 Å². The standard InChI is InChI=1S/C15H26N2S/c1-4-13-14(10-16-12-7-5-6-8-12)18-15(17-13)9-11(2)3/h11-12,16H,4-10H2,1-3H3. The quantitative estimate of drug-likeness (QED) is 0.843. The van der Waals surface area contributed by atoms with Gasteiger partial charge in [-0.25, -0.2) is 4.98 Å². The summed E-state index contributed by atoms with van der Waals surface area (Å²) in [7, 11) is 0. The lowest BCUT2D eigenvalue weighted by Gasteiger charge is -2.10. The smallest absolute Gasteiger partial charge is 0.0934 e. The summed E-state index contributed by atoms with van der Waals surface area (Å²) in [6, 6.07) is 0.755. The van der Waals surface area contributed by atoms with E-state index in [2.05, 4.69) is 26.1 Å². The third-order valence-corrected chi connectivity index (χ3v) is 4.77. The lowest BCUT2D eigenvalue weighted by molar-refractivity contribution is 0.525. The van der Waals surface area contributed by atoms with Crippen molar-refractivity contribution in [2.24, 2.45) is 5.92 Å². The van der Waals surface area contributed by atoms with Gasteiger partial charge in [0.1, 0.15) is 0 Å². The maximum Gasteiger partial charge on any atom is 0.0934 e. The fourth-order valence-corrected chi connectivity index (χ4v) is 3.97. The summed E-state index contributed by atoms with van der Waals surface area (Å²) in [5, 5.41) is 5.03. The minimum Gasteiger partial charge on any atom is -0.309 e. The van der Waals surface area contributed by atoms with Crippen molar-refractivity contribution in [1.29, 1.82) is 0 Å². The third kappa shape index (κ3) is 3.79. The monoisotopic (exact) mass is 266 g/mol. The molecule has 0 spiro atoms. The Balaban J connectivity index is 1.94. The fourth-order valence-electron chi connectivity index (χ4n) is 2.65. The number of aryl methyl sites for hydroxylation is 1. The molecule has 0 aliphatic heterocycles. The number of rotatable bonds is 6. The van der Waals surface area contributed by atoms with Crippen LogP contribution in [0.3, 0.4) is 0 Å². The van der Waals surface area contributed by atoms with Crippen LogP contribution in [-0.4, -0.2) is 11.0 Å². The normalized spacial score (nSPS) is 16.9. The van der Waals surface area contributed by atoms with Crippen LogP contribution in [0, 0.1) is 5.92 Å². The second-order valence-electron chi connectivity index (χ2n) is 5.79. The Morgan fingerprint density at radius 2 is 2.06 bits per heavy atom. The summed E-state index contributed by atoms with van der Waals surface area (Å²) in [6.45, 7) is 7.78. The summed E-state index contributed by atoms with van der Waals surface area (Å²) < 4.78 is 0. The minimum atomic E-state index is 0.705. The van der Waals surface area contributed by atoms with Gasteiger partial charge in [0, 0.05) is 23.9 Å². The fraction of sp³-hybridized carbons (Fsp3) is 0.800. The van der Waals surface area contributed by atoms with Crippen LogP contribution < -0.4 is 5.32 Å². The van der Waals surface area contributed by atoms with Crippen molar-refractivity contribution < 1.29 is 0 Å². The van der Waals surface area contributed by atoms with Crippen molar-refractivity contribution in [3.05, 3.63) is 15.6 Å². The molecule has 1 saturated carbocycles. The van der Waals surface area contributed by atoms with Gasteiger partial charge < -0.3 is 5.32 Å². The van der Waals surface area contributed by atoms with Crippen LogP contribution in [0.5, 0.6) is 0 Å². The van der Waals surface area contributed by atoms with E-state index in [1.807, 2.05) is 11.3 Å². The van der Waals surface area contributed by atoms with Crippen molar-refractivity contribution in [2.45, 2.75) is 71.9 Å². The van der Waals surface area contributed by atoms with E-state index in [4.69, 9.17) is 4.98 Å². The van der Waals surface area contributed by atoms with Gasteiger partial charge in [0.25, 0.3) is 0 Å². The highest BCUT2D eigenvalue weighted by Crippen LogP contribution is 2.23. The van der Waals surface area contributed by atoms with Crippen LogP contribution in [0.1, 0.15) is 62.0 Å². The molecule has 0 bridgehead atoms. The van der Waals surface area contributed by atoms with Gasteiger partial charge in [-0.3, -0.25) is 0 Å². The van der Waals surface area contributed by atoms with Crippen LogP contribution >= 0.6 is 11.3 Å². The first-order chi connectivity index (χ1) is 8.69. The predicted molar refractivity (Wildman–Crippen MR) is 79.1 cm³/mol. The molecule has 1 fully saturated rings. The third-order valence-electron chi connectivity index (χ3n) is 3.65. The Hall–Kier alpha value is -0.410. The Morgan fingerprint density at radius 3 is 2.67 bits per heavy atom. The van der Waals surface area contributed by atoms with E-state index in [9.17, 15) is 0 Å². The zero-order valence-electron chi connectivity index (χ0n) is 12.0. The molecule has 18 heavy (non-hydrogen) atoms. The molecule has 0 radical (unpaired) electrons. The number of nitrogens with zero attached hydrogens (tertiary/aromatic N) is 1. The molecule has 1 aliphatic carbocycles. The summed E-state index contributed by atoms with van der Waals surface area (Å²) in [6.07, 6.45) is 7.72. The second kappa shape index (κ2) is 6.67. The van der Waals surface area contributed by atoms with Crippen LogP contribution in [0.4, 0.5) is 0 Å². The van der Waals surface area contributed by atoms with Gasteiger partial charge in [-0.15, -0.1) is 11.3 Å². The molecular weight excluding hydrogens is 240 g/mol. The Kier molecular flexibility index (Phi) is 5.19. The molecule has 0 unspecified atom stereocenters. The van der Waals surface area contributed by atoms with Gasteiger partial charge in [-0.1, -0.05) is 33.6 Å². The molecule has 1 aromatic rings. The maximum absolute atomic E-state index is 4.79. The summed E-state index contributed by atoms with van der Waals surface area (Å²) in [4.78, 5) is 6.26. The molecular formula is C15H26N2S. The van der Waals surface area contributed by atoms with E-state index in [0.717, 1.165) is 25.4 Å². The average Bonchev–Trinajstić information content (AvgIpc) is 2.94. The SMILES string of the molecule is CCc1nc(CC(C)C)sc1CNC1CCCC1. The molecule has 0 atom stereocenters. The molecule has 102 valence electrons. The van der Waals surface area contributed by atoms with Crippen molar-refractivity contribution in [1.82, 2.24) is 10.3 Å². The summed E-state index contributed by atoms with van der Waals surface area (Å²) >= 11 is 1.92. The molecule has 0 aromatic carbocycles. The number of thiazole rings is 1. The zero-order chi connectivity index (χ0) is 13.0. The van der Waals surface area contributed by atoms with E-state index in [-0.39, 0.29) is 0 Å². The molecule has 3 heteroatoms. The number of nitrogens with one attached hydrogen (secondary N) is 1. The van der Waals surface area contributed by atoms with Crippen LogP contribution in [0.25, 0.3) is 0 Å². The highest BCUT2D eigenvalue weighted by Gasteiger charge is 2.16. The molecule has 1 aliphatic rings. The highest BCUT2D eigenvalue weighted by atomic mass is 32.1. The van der Waals surface area contributed by atoms with E-state index in [1.165, 1.54) is 41.3 Å². The van der Waals surface area contributed by atoms with Gasteiger partial charge in [0.15, 0.2) is 0 Å². The first-order valence-electron chi connectivity index (χ1n) is 7.39. The first kappa shape index (κ1) is 14.0. The molecule has 2 nitrogen and oxygen atoms in total. The Labute approximate surface area is 115 Å². The second-order valence-corrected chi connectivity index (χ2v) is 6.96. The van der Waals surface area contributed by atoms with Gasteiger partial charge in [-0.05, 0) is 25.2 Å². The largest absolute Gasteiger partial charge is 0.309 e. The molecule has 1 heterocycles. The molecule has 1 aromatic heterocycles. The number of aromatic nitrogens is 1. The average molecular weight is 266 g/mol. The number of hydrogen-bond donors (Lipinski definition) is 1. The van der Waals surface area contributed by atoms with Crippen LogP contribution in [0.15, 0.2) is 0 Å². The Bertz CT molecular complexity index is 365. The topological polar surface area (TPSA) is 24.9 Å². The molecule has 0 saturated heterocycles. The lowest BCUT2D eigenvalue weighted by Crippen LogP contribution is -2.25. The van der Waals surface area contributed by atoms with E-state index < -0.39 is 0 Å². The molecule has 2 rings (SSSR count). The van der Waals surface area contributed by atoms with Crippen molar-refractivity contribution in [3.8, 4) is 0 Å². The highest BCUT2D eigenvalue weighted by molar-refractivity contribution is 7.11. The van der Waals surface area contributed by atoms with Gasteiger partial charge in [-0.2, -0.15) is 0 Å². The van der Waals surface area contributed by atoms with Crippen molar-refractivity contribution in [3.63, 3.8) is 0 Å². The lowest BCUT2D eigenvalue weighted by atomic mass is 10.1. The van der Waals surface area contributed by atoms with Gasteiger partial charge in [0.2, 0.25) is 0 Å². The Morgan fingerprint density at radius 1 is 1.33 bits per heavy atom. The number of hydrogen-bond acceptors (Lipinski definition) is 3. The van der Waals surface area contributed by atoms with E-state index in [0.29, 0.717) is 5.92 Å². The summed E-state index contributed by atoms with van der Waals surface area (Å²) in [5.41, 5.74) is 1.32.